The van der Waals surface area contributed by atoms with Crippen molar-refractivity contribution in [2.45, 2.75) is 59.3 Å². The van der Waals surface area contributed by atoms with Crippen LogP contribution in [0.1, 0.15) is 76.0 Å². The summed E-state index contributed by atoms with van der Waals surface area (Å²) in [5, 5.41) is 0. The Balaban J connectivity index is 3.62. The Bertz CT molecular complexity index is 550. The molecule has 0 saturated carbocycles. The molecular weight excluding hydrogens is 274 g/mol. The molecule has 0 aliphatic heterocycles. The summed E-state index contributed by atoms with van der Waals surface area (Å²) in [6.45, 7) is 13.0. The normalized spacial score (nSPS) is 12.3. The largest absolute Gasteiger partial charge is 0.370 e. The van der Waals surface area contributed by atoms with E-state index in [0.29, 0.717) is 17.8 Å². The van der Waals surface area contributed by atoms with Crippen LogP contribution in [0.3, 0.4) is 0 Å². The van der Waals surface area contributed by atoms with Gasteiger partial charge in [-0.3, -0.25) is 0 Å². The van der Waals surface area contributed by atoms with Crippen LogP contribution in [0.5, 0.6) is 0 Å². The van der Waals surface area contributed by atoms with Crippen LogP contribution in [-0.2, 0) is 0 Å². The number of nitrogens with zero attached hydrogens (tertiary/aromatic N) is 2. The molecule has 0 atom stereocenters. The van der Waals surface area contributed by atoms with Crippen molar-refractivity contribution >= 4 is 17.6 Å². The van der Waals surface area contributed by atoms with Crippen LogP contribution in [0.15, 0.2) is 22.1 Å². The molecule has 0 fully saturated rings. The number of guanidine groups is 2. The third kappa shape index (κ3) is 4.48. The Morgan fingerprint density at radius 2 is 1.27 bits per heavy atom. The predicted molar refractivity (Wildman–Crippen MR) is 95.8 cm³/mol. The minimum Gasteiger partial charge on any atom is -0.370 e. The second-order valence-electron chi connectivity index (χ2n) is 6.52. The average Bonchev–Trinajstić information content (AvgIpc) is 2.36. The molecule has 0 aromatic heterocycles. The first kappa shape index (κ1) is 18.0. The lowest BCUT2D eigenvalue weighted by Gasteiger charge is -2.20. The van der Waals surface area contributed by atoms with Gasteiger partial charge in [-0.15, -0.1) is 0 Å². The second-order valence-corrected chi connectivity index (χ2v) is 6.52. The molecule has 1 aromatic rings. The summed E-state index contributed by atoms with van der Waals surface area (Å²) in [5.74, 6) is 1.13. The van der Waals surface area contributed by atoms with E-state index >= 15 is 0 Å². The van der Waals surface area contributed by atoms with E-state index in [2.05, 4.69) is 63.7 Å². The van der Waals surface area contributed by atoms with Gasteiger partial charge in [0.1, 0.15) is 0 Å². The highest BCUT2D eigenvalue weighted by Crippen LogP contribution is 2.37. The van der Waals surface area contributed by atoms with E-state index in [1.54, 1.807) is 0 Å². The Morgan fingerprint density at radius 1 is 0.818 bits per heavy atom. The van der Waals surface area contributed by atoms with Gasteiger partial charge in [-0.25, -0.2) is 4.99 Å². The van der Waals surface area contributed by atoms with Gasteiger partial charge in [-0.2, -0.15) is 4.99 Å². The Hall–Kier alpha value is -2.04. The first-order valence-electron chi connectivity index (χ1n) is 7.75. The van der Waals surface area contributed by atoms with Gasteiger partial charge in [-0.05, 0) is 34.4 Å². The third-order valence-corrected chi connectivity index (χ3v) is 3.57. The van der Waals surface area contributed by atoms with E-state index in [9.17, 15) is 0 Å². The summed E-state index contributed by atoms with van der Waals surface area (Å²) in [4.78, 5) is 8.32. The van der Waals surface area contributed by atoms with Crippen molar-refractivity contribution in [1.29, 1.82) is 0 Å². The van der Waals surface area contributed by atoms with E-state index in [4.69, 9.17) is 17.2 Å². The summed E-state index contributed by atoms with van der Waals surface area (Å²) in [6.07, 6.45) is 0. The van der Waals surface area contributed by atoms with Crippen molar-refractivity contribution in [2.24, 2.45) is 27.2 Å². The molecule has 0 unspecified atom stereocenters. The molecule has 122 valence electrons. The molecule has 0 amide bonds. The lowest BCUT2D eigenvalue weighted by molar-refractivity contribution is 0.805. The van der Waals surface area contributed by atoms with E-state index in [1.165, 1.54) is 16.7 Å². The van der Waals surface area contributed by atoms with Crippen molar-refractivity contribution in [3.05, 3.63) is 28.8 Å². The summed E-state index contributed by atoms with van der Waals surface area (Å²) < 4.78 is 0. The average molecular weight is 303 g/mol. The number of hydrogen-bond acceptors (Lipinski definition) is 1. The lowest BCUT2D eigenvalue weighted by atomic mass is 9.87. The number of benzene rings is 1. The molecule has 0 aliphatic rings. The topological polar surface area (TPSA) is 103 Å². The molecule has 6 N–H and O–H groups in total. The molecule has 5 nitrogen and oxygen atoms in total. The zero-order valence-electron chi connectivity index (χ0n) is 14.5. The second kappa shape index (κ2) is 7.29. The monoisotopic (exact) mass is 303 g/mol. The van der Waals surface area contributed by atoms with Gasteiger partial charge in [-0.1, -0.05) is 53.7 Å². The van der Waals surface area contributed by atoms with Gasteiger partial charge >= 0.3 is 0 Å². The standard InChI is InChI=1S/C17H29N5/c1-9(2)12-7-13(10(3)4)15(14(8-12)11(5)6)21-17(20)22-16(18)19/h7-11H,1-6H3,(H6,18,19,20,21,22). The zero-order valence-corrected chi connectivity index (χ0v) is 14.5. The highest BCUT2D eigenvalue weighted by molar-refractivity contribution is 5.94. The highest BCUT2D eigenvalue weighted by atomic mass is 15.1. The first-order valence-corrected chi connectivity index (χ1v) is 7.75. The fraction of sp³-hybridized carbons (Fsp3) is 0.529. The quantitative estimate of drug-likeness (QED) is 0.587. The molecule has 0 saturated heterocycles. The maximum Gasteiger partial charge on any atom is 0.223 e. The maximum absolute atomic E-state index is 5.85. The first-order chi connectivity index (χ1) is 10.1. The van der Waals surface area contributed by atoms with Crippen molar-refractivity contribution in [3.8, 4) is 0 Å². The van der Waals surface area contributed by atoms with Crippen molar-refractivity contribution in [2.75, 3.05) is 0 Å². The van der Waals surface area contributed by atoms with Gasteiger partial charge in [0.15, 0.2) is 5.96 Å². The van der Waals surface area contributed by atoms with Crippen LogP contribution in [-0.4, -0.2) is 11.9 Å². The molecular formula is C17H29N5. The lowest BCUT2D eigenvalue weighted by Crippen LogP contribution is -2.26. The zero-order chi connectivity index (χ0) is 17.0. The summed E-state index contributed by atoms with van der Waals surface area (Å²) >= 11 is 0. The van der Waals surface area contributed by atoms with E-state index in [0.717, 1.165) is 5.69 Å². The SMILES string of the molecule is CC(C)c1cc(C(C)C)c(N=C(N)N=C(N)N)c(C(C)C)c1. The minimum absolute atomic E-state index is 0.0843. The molecule has 0 bridgehead atoms. The molecule has 5 heteroatoms. The molecule has 22 heavy (non-hydrogen) atoms. The van der Waals surface area contributed by atoms with Gasteiger partial charge in [0.25, 0.3) is 0 Å². The minimum atomic E-state index is -0.0859. The molecule has 0 heterocycles. The van der Waals surface area contributed by atoms with E-state index < -0.39 is 0 Å². The molecule has 0 spiro atoms. The third-order valence-electron chi connectivity index (χ3n) is 3.57. The number of hydrogen-bond donors (Lipinski definition) is 3. The fourth-order valence-corrected chi connectivity index (χ4v) is 2.32. The number of nitrogens with two attached hydrogens (primary N) is 3. The molecule has 1 rings (SSSR count). The van der Waals surface area contributed by atoms with Gasteiger partial charge in [0.2, 0.25) is 5.96 Å². The van der Waals surface area contributed by atoms with Crippen LogP contribution >= 0.6 is 0 Å². The van der Waals surface area contributed by atoms with Gasteiger partial charge in [0, 0.05) is 0 Å². The van der Waals surface area contributed by atoms with Crippen LogP contribution < -0.4 is 17.2 Å². The van der Waals surface area contributed by atoms with Crippen molar-refractivity contribution in [3.63, 3.8) is 0 Å². The Labute approximate surface area is 133 Å². The van der Waals surface area contributed by atoms with Crippen molar-refractivity contribution in [1.82, 2.24) is 0 Å². The molecule has 1 aromatic carbocycles. The van der Waals surface area contributed by atoms with Crippen LogP contribution in [0.4, 0.5) is 5.69 Å². The highest BCUT2D eigenvalue weighted by Gasteiger charge is 2.17. The number of aliphatic imine (C=N–C) groups is 2. The van der Waals surface area contributed by atoms with Gasteiger partial charge in [0.05, 0.1) is 5.69 Å². The Morgan fingerprint density at radius 3 is 1.59 bits per heavy atom. The van der Waals surface area contributed by atoms with E-state index in [-0.39, 0.29) is 11.9 Å². The molecule has 0 radical (unpaired) electrons. The maximum atomic E-state index is 5.85. The van der Waals surface area contributed by atoms with Crippen molar-refractivity contribution < 1.29 is 0 Å². The van der Waals surface area contributed by atoms with Crippen LogP contribution in [0, 0.1) is 0 Å². The van der Waals surface area contributed by atoms with E-state index in [1.807, 2.05) is 0 Å². The summed E-state index contributed by atoms with van der Waals surface area (Å²) in [7, 11) is 0. The predicted octanol–water partition coefficient (Wildman–Crippen LogP) is 3.28. The van der Waals surface area contributed by atoms with Crippen LogP contribution in [0.25, 0.3) is 0 Å². The smallest absolute Gasteiger partial charge is 0.223 e. The number of rotatable bonds is 4. The fourth-order valence-electron chi connectivity index (χ4n) is 2.32. The van der Waals surface area contributed by atoms with Gasteiger partial charge < -0.3 is 17.2 Å². The summed E-state index contributed by atoms with van der Waals surface area (Å²) in [6, 6.07) is 4.42. The molecule has 0 aliphatic carbocycles. The Kier molecular flexibility index (Phi) is 5.97. The summed E-state index contributed by atoms with van der Waals surface area (Å²) in [5.41, 5.74) is 21.1. The van der Waals surface area contributed by atoms with Crippen LogP contribution in [0.2, 0.25) is 0 Å².